The molecule has 0 radical (unpaired) electrons. The molecule has 35 heavy (non-hydrogen) atoms. The average molecular weight is 473 g/mol. The monoisotopic (exact) mass is 473 g/mol. The van der Waals surface area contributed by atoms with Gasteiger partial charge in [0.2, 0.25) is 5.89 Å². The number of amides is 1. The summed E-state index contributed by atoms with van der Waals surface area (Å²) in [5.74, 6) is 1.25. The second-order valence-electron chi connectivity index (χ2n) is 7.11. The maximum Gasteiger partial charge on any atom is 0.271 e. The van der Waals surface area contributed by atoms with Gasteiger partial charge in [0.15, 0.2) is 0 Å². The number of nitrogens with one attached hydrogen (secondary N) is 1. The van der Waals surface area contributed by atoms with Gasteiger partial charge < -0.3 is 13.9 Å². The fraction of sp³-hybridized carbons (Fsp3) is 0.0833. The number of rotatable bonds is 8. The van der Waals surface area contributed by atoms with Gasteiger partial charge in [-0.2, -0.15) is 5.10 Å². The summed E-state index contributed by atoms with van der Waals surface area (Å²) in [6.45, 7) is 0. The molecule has 11 heteroatoms. The van der Waals surface area contributed by atoms with Crippen LogP contribution in [-0.4, -0.2) is 41.5 Å². The number of nitro groups is 1. The third-order valence-corrected chi connectivity index (χ3v) is 4.92. The first-order valence-electron chi connectivity index (χ1n) is 10.2. The van der Waals surface area contributed by atoms with E-state index in [0.717, 1.165) is 0 Å². The number of aromatic nitrogens is 2. The van der Waals surface area contributed by atoms with E-state index in [-0.39, 0.29) is 17.5 Å². The molecule has 0 aliphatic heterocycles. The summed E-state index contributed by atoms with van der Waals surface area (Å²) in [4.78, 5) is 22.7. The van der Waals surface area contributed by atoms with Crippen LogP contribution >= 0.6 is 0 Å². The Morgan fingerprint density at radius 2 is 1.80 bits per heavy atom. The van der Waals surface area contributed by atoms with E-state index in [0.29, 0.717) is 33.8 Å². The maximum absolute atomic E-state index is 12.4. The molecular weight excluding hydrogens is 454 g/mol. The van der Waals surface area contributed by atoms with Crippen molar-refractivity contribution in [3.05, 3.63) is 88.0 Å². The van der Waals surface area contributed by atoms with E-state index >= 15 is 0 Å². The molecule has 1 heterocycles. The average Bonchev–Trinajstić information content (AvgIpc) is 3.38. The molecule has 1 amide bonds. The maximum atomic E-state index is 12.4. The van der Waals surface area contributed by atoms with E-state index in [9.17, 15) is 14.9 Å². The van der Waals surface area contributed by atoms with Crippen molar-refractivity contribution in [3.63, 3.8) is 0 Å². The van der Waals surface area contributed by atoms with Crippen molar-refractivity contribution < 1.29 is 23.6 Å². The van der Waals surface area contributed by atoms with Crippen LogP contribution < -0.4 is 14.9 Å². The van der Waals surface area contributed by atoms with E-state index < -0.39 is 10.8 Å². The molecule has 0 aliphatic carbocycles. The Kier molecular flexibility index (Phi) is 6.77. The lowest BCUT2D eigenvalue weighted by molar-refractivity contribution is -0.384. The highest BCUT2D eigenvalue weighted by Gasteiger charge is 2.16. The quantitative estimate of drug-likeness (QED) is 0.229. The lowest BCUT2D eigenvalue weighted by atomic mass is 10.1. The molecule has 3 aromatic carbocycles. The summed E-state index contributed by atoms with van der Waals surface area (Å²) < 4.78 is 16.4. The Balaban J connectivity index is 1.44. The molecule has 4 rings (SSSR count). The Bertz CT molecular complexity index is 1400. The highest BCUT2D eigenvalue weighted by atomic mass is 16.6. The largest absolute Gasteiger partial charge is 0.497 e. The minimum atomic E-state index is -0.503. The molecule has 176 valence electrons. The lowest BCUT2D eigenvalue weighted by Gasteiger charge is -2.07. The van der Waals surface area contributed by atoms with Gasteiger partial charge in [-0.15, -0.1) is 10.2 Å². The summed E-state index contributed by atoms with van der Waals surface area (Å²) >= 11 is 0. The van der Waals surface area contributed by atoms with Crippen molar-refractivity contribution >= 4 is 17.8 Å². The van der Waals surface area contributed by atoms with Crippen LogP contribution in [0.3, 0.4) is 0 Å². The van der Waals surface area contributed by atoms with Crippen molar-refractivity contribution in [2.24, 2.45) is 5.10 Å². The molecule has 11 nitrogen and oxygen atoms in total. The van der Waals surface area contributed by atoms with Crippen LogP contribution in [0.2, 0.25) is 0 Å². The number of methoxy groups -OCH3 is 2. The zero-order valence-corrected chi connectivity index (χ0v) is 18.7. The van der Waals surface area contributed by atoms with Crippen LogP contribution in [0.5, 0.6) is 11.5 Å². The van der Waals surface area contributed by atoms with E-state index in [1.807, 2.05) is 0 Å². The van der Waals surface area contributed by atoms with Gasteiger partial charge in [0.1, 0.15) is 11.5 Å². The third kappa shape index (κ3) is 5.30. The molecule has 0 spiro atoms. The van der Waals surface area contributed by atoms with Crippen LogP contribution in [0.15, 0.2) is 76.2 Å². The Morgan fingerprint density at radius 3 is 2.51 bits per heavy atom. The first-order chi connectivity index (χ1) is 17.0. The van der Waals surface area contributed by atoms with Gasteiger partial charge in [-0.05, 0) is 36.4 Å². The molecule has 0 fully saturated rings. The summed E-state index contributed by atoms with van der Waals surface area (Å²) in [7, 11) is 3.10. The van der Waals surface area contributed by atoms with E-state index in [1.54, 1.807) is 55.6 Å². The number of hydrogen-bond acceptors (Lipinski definition) is 9. The van der Waals surface area contributed by atoms with E-state index in [1.165, 1.54) is 31.5 Å². The number of nitrogens with zero attached hydrogens (tertiary/aromatic N) is 4. The molecule has 0 aliphatic rings. The van der Waals surface area contributed by atoms with Crippen LogP contribution in [-0.2, 0) is 0 Å². The molecule has 0 saturated carbocycles. The van der Waals surface area contributed by atoms with Crippen molar-refractivity contribution in [2.45, 2.75) is 0 Å². The zero-order chi connectivity index (χ0) is 24.8. The first-order valence-corrected chi connectivity index (χ1v) is 10.2. The van der Waals surface area contributed by atoms with Gasteiger partial charge in [-0.1, -0.05) is 12.1 Å². The molecule has 0 saturated heterocycles. The number of benzene rings is 3. The normalized spacial score (nSPS) is 10.8. The minimum Gasteiger partial charge on any atom is -0.497 e. The van der Waals surface area contributed by atoms with Crippen molar-refractivity contribution in [1.82, 2.24) is 15.6 Å². The first kappa shape index (κ1) is 23.1. The van der Waals surface area contributed by atoms with E-state index in [4.69, 9.17) is 13.9 Å². The SMILES string of the molecule is COc1ccc(-c2nnc(-c3ccc(C(=O)N/N=C/c4cccc([N+](=O)[O-])c4)cc3)o2)c(OC)c1. The molecule has 0 bridgehead atoms. The molecule has 0 unspecified atom stereocenters. The van der Waals surface area contributed by atoms with Gasteiger partial charge >= 0.3 is 0 Å². The topological polar surface area (TPSA) is 142 Å². The lowest BCUT2D eigenvalue weighted by Crippen LogP contribution is -2.17. The van der Waals surface area contributed by atoms with Crippen molar-refractivity contribution in [2.75, 3.05) is 14.2 Å². The van der Waals surface area contributed by atoms with E-state index in [2.05, 4.69) is 20.7 Å². The predicted octanol–water partition coefficient (Wildman–Crippen LogP) is 4.09. The highest BCUT2D eigenvalue weighted by molar-refractivity contribution is 5.95. The molecule has 4 aromatic rings. The minimum absolute atomic E-state index is 0.0644. The predicted molar refractivity (Wildman–Crippen MR) is 126 cm³/mol. The molecular formula is C24H19N5O6. The summed E-state index contributed by atoms with van der Waals surface area (Å²) in [6.07, 6.45) is 1.33. The number of nitro benzene ring substituents is 1. The Morgan fingerprint density at radius 1 is 1.03 bits per heavy atom. The fourth-order valence-electron chi connectivity index (χ4n) is 3.14. The second-order valence-corrected chi connectivity index (χ2v) is 7.11. The number of carbonyl (C=O) groups excluding carboxylic acids is 1. The van der Waals surface area contributed by atoms with Crippen molar-refractivity contribution in [3.8, 4) is 34.4 Å². The second kappa shape index (κ2) is 10.3. The van der Waals surface area contributed by atoms with Gasteiger partial charge in [0.05, 0.1) is 30.9 Å². The van der Waals surface area contributed by atoms with Crippen LogP contribution in [0.25, 0.3) is 22.9 Å². The van der Waals surface area contributed by atoms with Gasteiger partial charge in [0.25, 0.3) is 17.5 Å². The standard InChI is InChI=1S/C24H19N5O6/c1-33-19-10-11-20(21(13-19)34-2)24-28-27-23(35-24)17-8-6-16(7-9-17)22(30)26-25-14-15-4-3-5-18(12-15)29(31)32/h3-14H,1-2H3,(H,26,30)/b25-14+. The van der Waals surface area contributed by atoms with Gasteiger partial charge in [0, 0.05) is 34.9 Å². The molecule has 1 N–H and O–H groups in total. The van der Waals surface area contributed by atoms with Gasteiger partial charge in [-0.25, -0.2) is 5.43 Å². The highest BCUT2D eigenvalue weighted by Crippen LogP contribution is 2.33. The summed E-state index contributed by atoms with van der Waals surface area (Å²) in [5, 5.41) is 22.9. The number of hydrazone groups is 1. The van der Waals surface area contributed by atoms with Crippen LogP contribution in [0.4, 0.5) is 5.69 Å². The third-order valence-electron chi connectivity index (χ3n) is 4.92. The van der Waals surface area contributed by atoms with Crippen LogP contribution in [0.1, 0.15) is 15.9 Å². The Hall–Kier alpha value is -5.06. The fourth-order valence-corrected chi connectivity index (χ4v) is 3.14. The smallest absolute Gasteiger partial charge is 0.271 e. The van der Waals surface area contributed by atoms with Gasteiger partial charge in [-0.3, -0.25) is 14.9 Å². The number of hydrogen-bond donors (Lipinski definition) is 1. The zero-order valence-electron chi connectivity index (χ0n) is 18.7. The van der Waals surface area contributed by atoms with Crippen LogP contribution in [0, 0.1) is 10.1 Å². The Labute approximate surface area is 199 Å². The molecule has 1 aromatic heterocycles. The summed E-state index contributed by atoms with van der Waals surface area (Å²) in [5.41, 5.74) is 4.39. The number of ether oxygens (including phenoxy) is 2. The summed E-state index contributed by atoms with van der Waals surface area (Å²) in [6, 6.07) is 17.6. The molecule has 0 atom stereocenters. The number of non-ortho nitro benzene ring substituents is 1. The van der Waals surface area contributed by atoms with Crippen molar-refractivity contribution in [1.29, 1.82) is 0 Å². The number of carbonyl (C=O) groups is 1.